The maximum absolute atomic E-state index is 13.6. The summed E-state index contributed by atoms with van der Waals surface area (Å²) in [6, 6.07) is 12.2. The van der Waals surface area contributed by atoms with Crippen molar-refractivity contribution < 1.29 is 28.6 Å². The first-order valence-electron chi connectivity index (χ1n) is 11.3. The summed E-state index contributed by atoms with van der Waals surface area (Å²) in [4.78, 5) is 30.9. The number of methoxy groups -OCH3 is 2. The number of hydrogen-bond acceptors (Lipinski definition) is 6. The molecule has 2 aromatic carbocycles. The van der Waals surface area contributed by atoms with Gasteiger partial charge in [-0.15, -0.1) is 0 Å². The first kappa shape index (κ1) is 25.4. The molecular weight excluding hydrogens is 489 g/mol. The van der Waals surface area contributed by atoms with Gasteiger partial charge >= 0.3 is 0 Å². The second-order valence-electron chi connectivity index (χ2n) is 8.18. The van der Waals surface area contributed by atoms with E-state index in [0.29, 0.717) is 47.0 Å². The van der Waals surface area contributed by atoms with Crippen molar-refractivity contribution in [2.75, 3.05) is 32.2 Å². The third-order valence-corrected chi connectivity index (χ3v) is 6.19. The minimum Gasteiger partial charge on any atom is -0.495 e. The molecule has 2 amide bonds. The lowest BCUT2D eigenvalue weighted by Gasteiger charge is -2.19. The van der Waals surface area contributed by atoms with Crippen LogP contribution in [-0.4, -0.2) is 49.2 Å². The number of nitrogens with one attached hydrogen (secondary N) is 1. The van der Waals surface area contributed by atoms with E-state index >= 15 is 0 Å². The number of carbonyl (C=O) groups excluding carboxylic acids is 2. The van der Waals surface area contributed by atoms with Crippen LogP contribution in [0.2, 0.25) is 5.02 Å². The van der Waals surface area contributed by atoms with Crippen molar-refractivity contribution in [3.63, 3.8) is 0 Å². The maximum atomic E-state index is 13.6. The van der Waals surface area contributed by atoms with E-state index in [1.54, 1.807) is 35.2 Å². The van der Waals surface area contributed by atoms with E-state index in [1.807, 2.05) is 0 Å². The van der Waals surface area contributed by atoms with Gasteiger partial charge in [0.15, 0.2) is 0 Å². The Labute approximate surface area is 212 Å². The first-order chi connectivity index (χ1) is 17.3. The molecule has 0 bridgehead atoms. The van der Waals surface area contributed by atoms with Gasteiger partial charge in [-0.05, 0) is 55.0 Å². The third kappa shape index (κ3) is 5.27. The molecule has 1 aliphatic heterocycles. The van der Waals surface area contributed by atoms with Gasteiger partial charge < -0.3 is 24.8 Å². The number of benzene rings is 2. The van der Waals surface area contributed by atoms with E-state index in [0.717, 1.165) is 6.42 Å². The number of aromatic nitrogens is 1. The normalized spacial score (nSPS) is 14.0. The SMILES string of the molecule is COc1cc(C(=O)NCC(O)c2ccc(OC)c(-c3ccc(F)c(Cl)c3)n2)ccc1N1CCCC1=O. The van der Waals surface area contributed by atoms with Crippen LogP contribution in [-0.2, 0) is 4.79 Å². The predicted octanol–water partition coefficient (Wildman–Crippen LogP) is 4.15. The van der Waals surface area contributed by atoms with Crippen molar-refractivity contribution in [2.24, 2.45) is 0 Å². The molecule has 4 rings (SSSR count). The van der Waals surface area contributed by atoms with Gasteiger partial charge in [0.1, 0.15) is 29.1 Å². The summed E-state index contributed by atoms with van der Waals surface area (Å²) in [6.07, 6.45) is 0.133. The van der Waals surface area contributed by atoms with E-state index in [1.165, 1.54) is 32.4 Å². The highest BCUT2D eigenvalue weighted by atomic mass is 35.5. The fourth-order valence-corrected chi connectivity index (χ4v) is 4.18. The first-order valence-corrected chi connectivity index (χ1v) is 11.6. The summed E-state index contributed by atoms with van der Waals surface area (Å²) in [6.45, 7) is 0.490. The zero-order valence-electron chi connectivity index (χ0n) is 19.8. The highest BCUT2D eigenvalue weighted by molar-refractivity contribution is 6.31. The number of pyridine rings is 1. The van der Waals surface area contributed by atoms with Gasteiger partial charge in [-0.3, -0.25) is 9.59 Å². The van der Waals surface area contributed by atoms with Crippen molar-refractivity contribution in [3.8, 4) is 22.8 Å². The van der Waals surface area contributed by atoms with Crippen LogP contribution in [0.25, 0.3) is 11.3 Å². The largest absolute Gasteiger partial charge is 0.495 e. The number of halogens is 2. The molecule has 36 heavy (non-hydrogen) atoms. The highest BCUT2D eigenvalue weighted by Gasteiger charge is 2.25. The summed E-state index contributed by atoms with van der Waals surface area (Å²) < 4.78 is 24.4. The van der Waals surface area contributed by atoms with Crippen LogP contribution in [0.5, 0.6) is 11.5 Å². The Kier molecular flexibility index (Phi) is 7.71. The van der Waals surface area contributed by atoms with E-state index < -0.39 is 17.8 Å². The van der Waals surface area contributed by atoms with E-state index in [4.69, 9.17) is 21.1 Å². The molecule has 8 nitrogen and oxygen atoms in total. The Bertz CT molecular complexity index is 1300. The van der Waals surface area contributed by atoms with Gasteiger partial charge in [0.25, 0.3) is 5.91 Å². The van der Waals surface area contributed by atoms with Crippen LogP contribution in [0, 0.1) is 5.82 Å². The number of nitrogens with zero attached hydrogens (tertiary/aromatic N) is 2. The van der Waals surface area contributed by atoms with Crippen LogP contribution in [0.4, 0.5) is 10.1 Å². The Morgan fingerprint density at radius 3 is 2.61 bits per heavy atom. The molecule has 1 fully saturated rings. The summed E-state index contributed by atoms with van der Waals surface area (Å²) in [7, 11) is 2.95. The van der Waals surface area contributed by atoms with Gasteiger partial charge in [-0.1, -0.05) is 11.6 Å². The molecule has 1 atom stereocenters. The van der Waals surface area contributed by atoms with Crippen molar-refractivity contribution in [3.05, 3.63) is 70.6 Å². The lowest BCUT2D eigenvalue weighted by atomic mass is 10.1. The number of rotatable bonds is 8. The molecule has 2 heterocycles. The summed E-state index contributed by atoms with van der Waals surface area (Å²) in [5.74, 6) is -0.136. The fraction of sp³-hybridized carbons (Fsp3) is 0.269. The van der Waals surface area contributed by atoms with Gasteiger partial charge in [-0.2, -0.15) is 0 Å². The van der Waals surface area contributed by atoms with E-state index in [9.17, 15) is 19.1 Å². The predicted molar refractivity (Wildman–Crippen MR) is 133 cm³/mol. The monoisotopic (exact) mass is 513 g/mol. The summed E-state index contributed by atoms with van der Waals surface area (Å²) in [5.41, 5.74) is 2.11. The molecule has 1 saturated heterocycles. The van der Waals surface area contributed by atoms with Gasteiger partial charge in [0, 0.05) is 30.6 Å². The van der Waals surface area contributed by atoms with Gasteiger partial charge in [0.05, 0.1) is 30.6 Å². The number of aliphatic hydroxyl groups excluding tert-OH is 1. The molecule has 1 unspecified atom stereocenters. The molecule has 0 aliphatic carbocycles. The number of anilines is 1. The number of ether oxygens (including phenoxy) is 2. The van der Waals surface area contributed by atoms with Crippen molar-refractivity contribution in [1.82, 2.24) is 10.3 Å². The van der Waals surface area contributed by atoms with Crippen molar-refractivity contribution in [2.45, 2.75) is 18.9 Å². The Morgan fingerprint density at radius 2 is 1.94 bits per heavy atom. The zero-order valence-corrected chi connectivity index (χ0v) is 20.5. The third-order valence-electron chi connectivity index (χ3n) is 5.90. The fourth-order valence-electron chi connectivity index (χ4n) is 4.00. The smallest absolute Gasteiger partial charge is 0.251 e. The minimum atomic E-state index is -1.13. The lowest BCUT2D eigenvalue weighted by Crippen LogP contribution is -2.29. The second kappa shape index (κ2) is 10.9. The standard InChI is InChI=1S/C26H25ClFN3O5/c1-35-22-10-8-19(30-25(22)15-5-7-18(28)17(27)12-15)21(32)14-29-26(34)16-6-9-20(23(13-16)36-2)31-11-3-4-24(31)33/h5-10,12-13,21,32H,3-4,11,14H2,1-2H3,(H,29,34). The summed E-state index contributed by atoms with van der Waals surface area (Å²) in [5, 5.41) is 13.3. The molecule has 10 heteroatoms. The zero-order chi connectivity index (χ0) is 25.8. The Balaban J connectivity index is 1.48. The number of amides is 2. The number of aliphatic hydroxyl groups is 1. The van der Waals surface area contributed by atoms with E-state index in [2.05, 4.69) is 10.3 Å². The van der Waals surface area contributed by atoms with Crippen LogP contribution >= 0.6 is 11.6 Å². The topological polar surface area (TPSA) is 101 Å². The second-order valence-corrected chi connectivity index (χ2v) is 8.58. The number of carbonyl (C=O) groups is 2. The Hall–Kier alpha value is -3.69. The minimum absolute atomic E-state index is 0.0166. The van der Waals surface area contributed by atoms with Gasteiger partial charge in [-0.25, -0.2) is 9.37 Å². The van der Waals surface area contributed by atoms with Crippen molar-refractivity contribution in [1.29, 1.82) is 0 Å². The molecular formula is C26H25ClFN3O5. The van der Waals surface area contributed by atoms with Crippen LogP contribution in [0.15, 0.2) is 48.5 Å². The molecule has 3 aromatic rings. The van der Waals surface area contributed by atoms with Crippen LogP contribution in [0.1, 0.15) is 35.0 Å². The average Bonchev–Trinajstić information content (AvgIpc) is 3.33. The quantitative estimate of drug-likeness (QED) is 0.469. The molecule has 0 radical (unpaired) electrons. The molecule has 188 valence electrons. The average molecular weight is 514 g/mol. The van der Waals surface area contributed by atoms with Crippen LogP contribution < -0.4 is 19.7 Å². The van der Waals surface area contributed by atoms with Gasteiger partial charge in [0.2, 0.25) is 5.91 Å². The molecule has 0 spiro atoms. The molecule has 1 aromatic heterocycles. The molecule has 1 aliphatic rings. The van der Waals surface area contributed by atoms with E-state index in [-0.39, 0.29) is 23.2 Å². The lowest BCUT2D eigenvalue weighted by molar-refractivity contribution is -0.117. The Morgan fingerprint density at radius 1 is 1.17 bits per heavy atom. The maximum Gasteiger partial charge on any atom is 0.251 e. The van der Waals surface area contributed by atoms with Crippen molar-refractivity contribution >= 4 is 29.1 Å². The van der Waals surface area contributed by atoms with Crippen LogP contribution in [0.3, 0.4) is 0 Å². The summed E-state index contributed by atoms with van der Waals surface area (Å²) >= 11 is 5.91. The highest BCUT2D eigenvalue weighted by Crippen LogP contribution is 2.33. The molecule has 0 saturated carbocycles. The molecule has 2 N–H and O–H groups in total. The number of hydrogen-bond donors (Lipinski definition) is 2.